The Bertz CT molecular complexity index is 327. The van der Waals surface area contributed by atoms with Gasteiger partial charge in [0.05, 0.1) is 0 Å². The van der Waals surface area contributed by atoms with E-state index in [1.807, 2.05) is 0 Å². The molecular formula is C14H25N3O. The van der Waals surface area contributed by atoms with Gasteiger partial charge in [-0.05, 0) is 39.2 Å². The maximum atomic E-state index is 10.3. The van der Waals surface area contributed by atoms with Crippen LogP contribution in [0, 0.1) is 0 Å². The van der Waals surface area contributed by atoms with Crippen molar-refractivity contribution >= 4 is 0 Å². The molecule has 0 amide bonds. The van der Waals surface area contributed by atoms with E-state index < -0.39 is 6.35 Å². The summed E-state index contributed by atoms with van der Waals surface area (Å²) in [6.45, 7) is 3.24. The molecule has 3 aliphatic rings. The Morgan fingerprint density at radius 1 is 1.33 bits per heavy atom. The molecule has 2 N–H and O–H groups in total. The number of hydrogen-bond acceptors (Lipinski definition) is 4. The third kappa shape index (κ3) is 2.77. The second kappa shape index (κ2) is 5.29. The van der Waals surface area contributed by atoms with Crippen molar-refractivity contribution in [3.63, 3.8) is 0 Å². The summed E-state index contributed by atoms with van der Waals surface area (Å²) in [5.74, 6) is 0. The summed E-state index contributed by atoms with van der Waals surface area (Å²) in [6, 6.07) is 1.03. The van der Waals surface area contributed by atoms with Gasteiger partial charge in [0.2, 0.25) is 0 Å². The van der Waals surface area contributed by atoms with Crippen LogP contribution < -0.4 is 5.32 Å². The van der Waals surface area contributed by atoms with E-state index in [-0.39, 0.29) is 0 Å². The molecule has 3 rings (SSSR count). The second-order valence-electron chi connectivity index (χ2n) is 6.00. The molecule has 18 heavy (non-hydrogen) atoms. The van der Waals surface area contributed by atoms with Crippen LogP contribution in [-0.4, -0.2) is 60.0 Å². The quantitative estimate of drug-likeness (QED) is 0.571. The summed E-state index contributed by atoms with van der Waals surface area (Å²) < 4.78 is 0. The minimum atomic E-state index is -0.439. The summed E-state index contributed by atoms with van der Waals surface area (Å²) in [7, 11) is 2.17. The van der Waals surface area contributed by atoms with Gasteiger partial charge in [-0.2, -0.15) is 0 Å². The fourth-order valence-electron chi connectivity index (χ4n) is 3.13. The van der Waals surface area contributed by atoms with E-state index >= 15 is 0 Å². The van der Waals surface area contributed by atoms with E-state index in [9.17, 15) is 5.11 Å². The van der Waals surface area contributed by atoms with E-state index in [4.69, 9.17) is 0 Å². The van der Waals surface area contributed by atoms with Gasteiger partial charge in [0.1, 0.15) is 0 Å². The van der Waals surface area contributed by atoms with Crippen LogP contribution in [0.15, 0.2) is 11.6 Å². The molecule has 1 saturated heterocycles. The van der Waals surface area contributed by atoms with Crippen molar-refractivity contribution in [1.82, 2.24) is 15.1 Å². The molecule has 2 fully saturated rings. The fourth-order valence-corrected chi connectivity index (χ4v) is 3.13. The molecule has 2 aliphatic heterocycles. The van der Waals surface area contributed by atoms with Crippen LogP contribution in [0.2, 0.25) is 0 Å². The highest BCUT2D eigenvalue weighted by molar-refractivity contribution is 5.16. The van der Waals surface area contributed by atoms with Crippen molar-refractivity contribution in [3.05, 3.63) is 11.6 Å². The molecule has 2 heterocycles. The van der Waals surface area contributed by atoms with Gasteiger partial charge in [-0.3, -0.25) is 10.2 Å². The van der Waals surface area contributed by atoms with Crippen molar-refractivity contribution in [3.8, 4) is 0 Å². The number of nitrogens with zero attached hydrogens (tertiary/aromatic N) is 2. The Morgan fingerprint density at radius 3 is 2.83 bits per heavy atom. The van der Waals surface area contributed by atoms with Gasteiger partial charge >= 0.3 is 0 Å². The first-order valence-electron chi connectivity index (χ1n) is 7.31. The molecule has 0 aromatic heterocycles. The van der Waals surface area contributed by atoms with E-state index in [0.717, 1.165) is 26.1 Å². The van der Waals surface area contributed by atoms with Gasteiger partial charge in [-0.15, -0.1) is 0 Å². The molecule has 2 atom stereocenters. The summed E-state index contributed by atoms with van der Waals surface area (Å²) in [5.41, 5.74) is 1.54. The van der Waals surface area contributed by atoms with Crippen molar-refractivity contribution in [2.45, 2.75) is 50.5 Å². The molecule has 1 aliphatic carbocycles. The van der Waals surface area contributed by atoms with Gasteiger partial charge in [0.25, 0.3) is 0 Å². The maximum absolute atomic E-state index is 10.3. The van der Waals surface area contributed by atoms with Crippen LogP contribution in [0.3, 0.4) is 0 Å². The summed E-state index contributed by atoms with van der Waals surface area (Å²) in [4.78, 5) is 4.61. The van der Waals surface area contributed by atoms with Crippen LogP contribution in [0.5, 0.6) is 0 Å². The number of aliphatic hydroxyl groups excluding tert-OH is 1. The highest BCUT2D eigenvalue weighted by atomic mass is 16.3. The van der Waals surface area contributed by atoms with Crippen LogP contribution in [-0.2, 0) is 0 Å². The summed E-state index contributed by atoms with van der Waals surface area (Å²) in [6.07, 6.45) is 7.96. The molecule has 0 bridgehead atoms. The fraction of sp³-hybridized carbons (Fsp3) is 0.857. The summed E-state index contributed by atoms with van der Waals surface area (Å²) in [5, 5.41) is 13.6. The third-order valence-corrected chi connectivity index (χ3v) is 4.45. The first-order valence-corrected chi connectivity index (χ1v) is 7.31. The Balaban J connectivity index is 1.62. The highest BCUT2D eigenvalue weighted by Gasteiger charge is 2.35. The number of likely N-dealkylation sites (N-methyl/N-ethyl adjacent to an activating group) is 1. The number of hydrogen-bond donors (Lipinski definition) is 2. The van der Waals surface area contributed by atoms with Gasteiger partial charge in [0, 0.05) is 31.7 Å². The Morgan fingerprint density at radius 2 is 2.17 bits per heavy atom. The summed E-state index contributed by atoms with van der Waals surface area (Å²) >= 11 is 0. The van der Waals surface area contributed by atoms with Gasteiger partial charge in [-0.1, -0.05) is 11.6 Å². The lowest BCUT2D eigenvalue weighted by atomic mass is 9.98. The second-order valence-corrected chi connectivity index (χ2v) is 6.00. The van der Waals surface area contributed by atoms with Crippen molar-refractivity contribution in [2.75, 3.05) is 26.7 Å². The zero-order valence-corrected chi connectivity index (χ0v) is 11.3. The molecule has 1 saturated carbocycles. The largest absolute Gasteiger partial charge is 0.365 e. The van der Waals surface area contributed by atoms with Crippen LogP contribution in [0.4, 0.5) is 0 Å². The minimum Gasteiger partial charge on any atom is -0.365 e. The zero-order valence-electron chi connectivity index (χ0n) is 11.3. The molecule has 102 valence electrons. The Hall–Kier alpha value is -0.420. The van der Waals surface area contributed by atoms with E-state index in [1.54, 1.807) is 5.57 Å². The topological polar surface area (TPSA) is 38.7 Å². The molecule has 4 nitrogen and oxygen atoms in total. The number of nitrogens with one attached hydrogen (secondary N) is 1. The third-order valence-electron chi connectivity index (χ3n) is 4.45. The first kappa shape index (κ1) is 12.6. The van der Waals surface area contributed by atoms with Crippen molar-refractivity contribution < 1.29 is 5.11 Å². The number of rotatable bonds is 4. The Kier molecular flexibility index (Phi) is 3.71. The minimum absolute atomic E-state index is 0.439. The predicted octanol–water partition coefficient (Wildman–Crippen LogP) is 0.741. The van der Waals surface area contributed by atoms with Gasteiger partial charge < -0.3 is 10.0 Å². The first-order chi connectivity index (χ1) is 8.74. The maximum Gasteiger partial charge on any atom is 0.163 e. The molecule has 0 aromatic carbocycles. The molecular weight excluding hydrogens is 226 g/mol. The van der Waals surface area contributed by atoms with Crippen molar-refractivity contribution in [2.24, 2.45) is 0 Å². The Labute approximate surface area is 110 Å². The molecule has 0 spiro atoms. The van der Waals surface area contributed by atoms with Crippen molar-refractivity contribution in [1.29, 1.82) is 0 Å². The smallest absolute Gasteiger partial charge is 0.163 e. The SMILES string of the molecule is CN1CC=C([C@@H]2CCCN2C(O)NC2CC2)CC1. The standard InChI is InChI=1S/C14H25N3O/c1-16-9-6-11(7-10-16)13-3-2-8-17(13)14(18)15-12-4-5-12/h6,12-15,18H,2-5,7-10H2,1H3/t13-,14?/m0/s1. The van der Waals surface area contributed by atoms with Gasteiger partial charge in [0.15, 0.2) is 6.35 Å². The van der Waals surface area contributed by atoms with Crippen LogP contribution >= 0.6 is 0 Å². The van der Waals surface area contributed by atoms with Gasteiger partial charge in [-0.25, -0.2) is 0 Å². The number of aliphatic hydroxyl groups is 1. The lowest BCUT2D eigenvalue weighted by Crippen LogP contribution is -2.49. The van der Waals surface area contributed by atoms with E-state index in [2.05, 4.69) is 28.2 Å². The number of likely N-dealkylation sites (tertiary alicyclic amines) is 1. The lowest BCUT2D eigenvalue weighted by Gasteiger charge is -2.34. The molecule has 1 unspecified atom stereocenters. The van der Waals surface area contributed by atoms with E-state index in [1.165, 1.54) is 25.7 Å². The molecule has 4 heteroatoms. The highest BCUT2D eigenvalue weighted by Crippen LogP contribution is 2.29. The molecule has 0 aromatic rings. The van der Waals surface area contributed by atoms with E-state index in [0.29, 0.717) is 12.1 Å². The normalized spacial score (nSPS) is 32.6. The van der Waals surface area contributed by atoms with Crippen LogP contribution in [0.1, 0.15) is 32.1 Å². The lowest BCUT2D eigenvalue weighted by molar-refractivity contribution is -0.0253. The zero-order chi connectivity index (χ0) is 12.5. The monoisotopic (exact) mass is 251 g/mol. The average Bonchev–Trinajstić information content (AvgIpc) is 3.04. The van der Waals surface area contributed by atoms with Crippen LogP contribution in [0.25, 0.3) is 0 Å². The molecule has 0 radical (unpaired) electrons. The average molecular weight is 251 g/mol. The predicted molar refractivity (Wildman–Crippen MR) is 72.1 cm³/mol.